The molecule has 39 heavy (non-hydrogen) atoms. The molecular weight excluding hydrogens is 484 g/mol. The number of nitrogens with zero attached hydrogens (tertiary/aromatic N) is 3. The molecule has 2 aliphatic carbocycles. The van der Waals surface area contributed by atoms with Crippen LogP contribution in [-0.4, -0.2) is 55.3 Å². The molecule has 3 N–H and O–H groups in total. The van der Waals surface area contributed by atoms with Gasteiger partial charge in [0.2, 0.25) is 0 Å². The second-order valence-corrected chi connectivity index (χ2v) is 11.7. The lowest BCUT2D eigenvalue weighted by Gasteiger charge is -2.43. The molecule has 0 aliphatic heterocycles. The van der Waals surface area contributed by atoms with Gasteiger partial charge in [-0.05, 0) is 57.1 Å². The molecule has 2 aromatic heterocycles. The molecule has 2 heterocycles. The van der Waals surface area contributed by atoms with E-state index in [2.05, 4.69) is 49.2 Å². The summed E-state index contributed by atoms with van der Waals surface area (Å²) in [5.41, 5.74) is 1.98. The molecule has 7 heteroatoms. The van der Waals surface area contributed by atoms with E-state index < -0.39 is 0 Å². The fourth-order valence-electron chi connectivity index (χ4n) is 6.77. The van der Waals surface area contributed by atoms with Crippen molar-refractivity contribution in [2.45, 2.75) is 109 Å². The molecule has 0 saturated heterocycles. The minimum Gasteiger partial charge on any atom is -0.349 e. The van der Waals surface area contributed by atoms with Crippen molar-refractivity contribution in [1.29, 1.82) is 0 Å². The van der Waals surface area contributed by atoms with Crippen LogP contribution in [0.3, 0.4) is 0 Å². The first-order valence-corrected chi connectivity index (χ1v) is 15.3. The average molecular weight is 531 g/mol. The Morgan fingerprint density at radius 3 is 2.08 bits per heavy atom. The standard InChI is InChI=1S/C32H46N6O/c1-2-20-38(28-6-4-3-5-7-28)29-14-12-27(13-15-29)37-23-24-8-10-25(11-9-24)32(39)26(21-30-33-16-17-34-30)22-31-35-18-19-36-31/h8-11,16-19,26-29,37H,2-7,12-15,20-23H2,1H3,(H,33,34)(H,35,36)/t27-,29-. The molecule has 0 amide bonds. The molecule has 7 nitrogen and oxygen atoms in total. The first-order valence-electron chi connectivity index (χ1n) is 15.3. The predicted octanol–water partition coefficient (Wildman–Crippen LogP) is 5.86. The summed E-state index contributed by atoms with van der Waals surface area (Å²) in [6, 6.07) is 10.4. The first-order chi connectivity index (χ1) is 19.2. The highest BCUT2D eigenvalue weighted by Crippen LogP contribution is 2.30. The highest BCUT2D eigenvalue weighted by Gasteiger charge is 2.30. The van der Waals surface area contributed by atoms with E-state index in [-0.39, 0.29) is 11.7 Å². The number of hydrogen-bond donors (Lipinski definition) is 3. The van der Waals surface area contributed by atoms with Gasteiger partial charge in [-0.1, -0.05) is 50.5 Å². The molecule has 2 aliphatic rings. The van der Waals surface area contributed by atoms with Gasteiger partial charge in [0.1, 0.15) is 11.6 Å². The Kier molecular flexibility index (Phi) is 10.00. The molecular formula is C32H46N6O. The highest BCUT2D eigenvalue weighted by atomic mass is 16.1. The maximum atomic E-state index is 13.5. The number of Topliss-reactive ketones (excluding diaryl/α,β-unsaturated/α-hetero) is 1. The molecule has 0 unspecified atom stereocenters. The van der Waals surface area contributed by atoms with E-state index in [1.54, 1.807) is 24.8 Å². The number of aromatic amines is 2. The summed E-state index contributed by atoms with van der Waals surface area (Å²) in [6.07, 6.45) is 21.7. The number of benzene rings is 1. The monoisotopic (exact) mass is 530 g/mol. The van der Waals surface area contributed by atoms with Crippen LogP contribution in [0.2, 0.25) is 0 Å². The van der Waals surface area contributed by atoms with Crippen LogP contribution in [0.4, 0.5) is 0 Å². The number of hydrogen-bond acceptors (Lipinski definition) is 5. The van der Waals surface area contributed by atoms with Crippen LogP contribution in [0.25, 0.3) is 0 Å². The number of carbonyl (C=O) groups is 1. The molecule has 2 saturated carbocycles. The summed E-state index contributed by atoms with van der Waals surface area (Å²) in [5, 5.41) is 3.81. The lowest BCUT2D eigenvalue weighted by atomic mass is 9.86. The zero-order valence-corrected chi connectivity index (χ0v) is 23.6. The summed E-state index contributed by atoms with van der Waals surface area (Å²) in [5.74, 6) is 1.57. The van der Waals surface area contributed by atoms with Gasteiger partial charge < -0.3 is 15.3 Å². The third-order valence-electron chi connectivity index (χ3n) is 8.88. The lowest BCUT2D eigenvalue weighted by Crippen LogP contribution is -2.48. The lowest BCUT2D eigenvalue weighted by molar-refractivity contribution is 0.0746. The van der Waals surface area contributed by atoms with Gasteiger partial charge in [0, 0.05) is 73.8 Å². The largest absolute Gasteiger partial charge is 0.349 e. The van der Waals surface area contributed by atoms with Gasteiger partial charge in [0.05, 0.1) is 0 Å². The van der Waals surface area contributed by atoms with E-state index in [0.29, 0.717) is 18.9 Å². The minimum absolute atomic E-state index is 0.134. The van der Waals surface area contributed by atoms with Crippen LogP contribution in [0.5, 0.6) is 0 Å². The Labute approximate surface area is 233 Å². The smallest absolute Gasteiger partial charge is 0.166 e. The number of imidazole rings is 2. The van der Waals surface area contributed by atoms with Gasteiger partial charge in [-0.2, -0.15) is 0 Å². The first kappa shape index (κ1) is 27.8. The van der Waals surface area contributed by atoms with E-state index in [1.807, 2.05) is 12.1 Å². The maximum absolute atomic E-state index is 13.5. The van der Waals surface area contributed by atoms with Gasteiger partial charge in [0.15, 0.2) is 5.78 Å². The second kappa shape index (κ2) is 14.0. The maximum Gasteiger partial charge on any atom is 0.166 e. The van der Waals surface area contributed by atoms with Crippen LogP contribution >= 0.6 is 0 Å². The van der Waals surface area contributed by atoms with E-state index in [1.165, 1.54) is 76.3 Å². The van der Waals surface area contributed by atoms with Gasteiger partial charge in [-0.15, -0.1) is 0 Å². The predicted molar refractivity (Wildman–Crippen MR) is 156 cm³/mol. The number of rotatable bonds is 13. The normalized spacial score (nSPS) is 20.6. The summed E-state index contributed by atoms with van der Waals surface area (Å²) in [4.78, 5) is 31.3. The Morgan fingerprint density at radius 1 is 0.897 bits per heavy atom. The van der Waals surface area contributed by atoms with Crippen molar-refractivity contribution in [3.8, 4) is 0 Å². The second-order valence-electron chi connectivity index (χ2n) is 11.7. The topological polar surface area (TPSA) is 89.7 Å². The van der Waals surface area contributed by atoms with Crippen LogP contribution < -0.4 is 5.32 Å². The summed E-state index contributed by atoms with van der Waals surface area (Å²) in [6.45, 7) is 4.45. The zero-order chi connectivity index (χ0) is 26.9. The number of carbonyl (C=O) groups excluding carboxylic acids is 1. The third kappa shape index (κ3) is 7.67. The minimum atomic E-state index is -0.220. The number of aromatic nitrogens is 4. The Bertz CT molecular complexity index is 1060. The molecule has 5 rings (SSSR count). The van der Waals surface area contributed by atoms with Crippen molar-refractivity contribution >= 4 is 5.78 Å². The summed E-state index contributed by atoms with van der Waals surface area (Å²) < 4.78 is 0. The van der Waals surface area contributed by atoms with Crippen molar-refractivity contribution in [1.82, 2.24) is 30.2 Å². The number of H-pyrrole nitrogens is 2. The van der Waals surface area contributed by atoms with Gasteiger partial charge in [-0.25, -0.2) is 9.97 Å². The molecule has 1 aromatic carbocycles. The van der Waals surface area contributed by atoms with Crippen molar-refractivity contribution in [2.75, 3.05) is 6.54 Å². The Hall–Kier alpha value is -2.77. The summed E-state index contributed by atoms with van der Waals surface area (Å²) >= 11 is 0. The van der Waals surface area contributed by atoms with E-state index in [4.69, 9.17) is 0 Å². The van der Waals surface area contributed by atoms with Crippen molar-refractivity contribution in [3.05, 3.63) is 71.8 Å². The molecule has 0 spiro atoms. The van der Waals surface area contributed by atoms with Gasteiger partial charge >= 0.3 is 0 Å². The Balaban J connectivity index is 1.12. The SMILES string of the molecule is CCCN(C1CCCCC1)[C@H]1CC[C@H](NCc2ccc(C(=O)C(Cc3ncc[nH]3)Cc3ncc[nH]3)cc2)CC1. The molecule has 210 valence electrons. The van der Waals surface area contributed by atoms with E-state index in [9.17, 15) is 4.79 Å². The molecule has 0 bridgehead atoms. The fourth-order valence-corrected chi connectivity index (χ4v) is 6.77. The van der Waals surface area contributed by atoms with Crippen LogP contribution in [0, 0.1) is 5.92 Å². The Morgan fingerprint density at radius 2 is 1.51 bits per heavy atom. The molecule has 2 fully saturated rings. The number of ketones is 1. The summed E-state index contributed by atoms with van der Waals surface area (Å²) in [7, 11) is 0. The molecule has 3 aromatic rings. The van der Waals surface area contributed by atoms with E-state index >= 15 is 0 Å². The van der Waals surface area contributed by atoms with Crippen molar-refractivity contribution in [3.63, 3.8) is 0 Å². The molecule has 0 radical (unpaired) electrons. The van der Waals surface area contributed by atoms with Crippen LogP contribution in [0.1, 0.15) is 98.7 Å². The van der Waals surface area contributed by atoms with E-state index in [0.717, 1.165) is 35.8 Å². The average Bonchev–Trinajstić information content (AvgIpc) is 3.70. The van der Waals surface area contributed by atoms with Gasteiger partial charge in [-0.3, -0.25) is 9.69 Å². The van der Waals surface area contributed by atoms with Crippen molar-refractivity contribution < 1.29 is 4.79 Å². The van der Waals surface area contributed by atoms with Gasteiger partial charge in [0.25, 0.3) is 0 Å². The quantitative estimate of drug-likeness (QED) is 0.241. The van der Waals surface area contributed by atoms with Crippen LogP contribution in [-0.2, 0) is 19.4 Å². The third-order valence-corrected chi connectivity index (χ3v) is 8.88. The number of nitrogens with one attached hydrogen (secondary N) is 3. The molecule has 0 atom stereocenters. The highest BCUT2D eigenvalue weighted by molar-refractivity contribution is 5.98. The van der Waals surface area contributed by atoms with Crippen LogP contribution in [0.15, 0.2) is 49.1 Å². The zero-order valence-electron chi connectivity index (χ0n) is 23.6. The fraction of sp³-hybridized carbons (Fsp3) is 0.594. The van der Waals surface area contributed by atoms with Crippen molar-refractivity contribution in [2.24, 2.45) is 5.92 Å².